The number of allylic oxidation sites excluding steroid dienone is 1. The molecule has 6 heteroatoms. The van der Waals surface area contributed by atoms with Crippen molar-refractivity contribution in [2.45, 2.75) is 53.9 Å². The van der Waals surface area contributed by atoms with Crippen LogP contribution in [0.15, 0.2) is 12.7 Å². The van der Waals surface area contributed by atoms with E-state index < -0.39 is 11.9 Å². The Morgan fingerprint density at radius 1 is 1.05 bits per heavy atom. The summed E-state index contributed by atoms with van der Waals surface area (Å²) in [7, 11) is 0. The number of rotatable bonds is 7. The van der Waals surface area contributed by atoms with E-state index in [9.17, 15) is 14.4 Å². The lowest BCUT2D eigenvalue weighted by atomic mass is 10.1. The first-order valence-corrected chi connectivity index (χ1v) is 7.75. The molecule has 0 rings (SSSR count). The molecule has 130 valence electrons. The van der Waals surface area contributed by atoms with E-state index in [1.54, 1.807) is 19.9 Å². The summed E-state index contributed by atoms with van der Waals surface area (Å²) in [5.74, 6) is -1.82. The van der Waals surface area contributed by atoms with Gasteiger partial charge in [0.2, 0.25) is 0 Å². The summed E-state index contributed by atoms with van der Waals surface area (Å²) in [4.78, 5) is 30.1. The highest BCUT2D eigenvalue weighted by Crippen LogP contribution is 2.03. The van der Waals surface area contributed by atoms with E-state index in [2.05, 4.69) is 19.2 Å². The van der Waals surface area contributed by atoms with Crippen LogP contribution in [-0.4, -0.2) is 27.3 Å². The number of carboxylic acids is 2. The minimum Gasteiger partial charge on any atom is -0.481 e. The van der Waals surface area contributed by atoms with Crippen LogP contribution in [0.3, 0.4) is 0 Å². The number of carbonyl (C=O) groups is 3. The van der Waals surface area contributed by atoms with E-state index in [0.29, 0.717) is 6.42 Å². The van der Waals surface area contributed by atoms with Crippen LogP contribution < -0.4 is 0 Å². The van der Waals surface area contributed by atoms with Crippen LogP contribution in [0.2, 0.25) is 0 Å². The summed E-state index contributed by atoms with van der Waals surface area (Å²) in [6, 6.07) is 0. The van der Waals surface area contributed by atoms with Gasteiger partial charge in [0.05, 0.1) is 11.8 Å². The van der Waals surface area contributed by atoms with Gasteiger partial charge in [-0.05, 0) is 12.8 Å². The van der Waals surface area contributed by atoms with Crippen LogP contribution in [0.5, 0.6) is 0 Å². The van der Waals surface area contributed by atoms with E-state index in [-0.39, 0.29) is 22.9 Å². The fourth-order valence-corrected chi connectivity index (χ4v) is 0.907. The Bertz CT molecular complexity index is 339. The minimum absolute atomic E-state index is 0.0463. The zero-order chi connectivity index (χ0) is 18.3. The Morgan fingerprint density at radius 3 is 1.50 bits per heavy atom. The van der Waals surface area contributed by atoms with Gasteiger partial charge in [-0.2, -0.15) is 0 Å². The van der Waals surface area contributed by atoms with Crippen LogP contribution in [0.25, 0.3) is 0 Å². The summed E-state index contributed by atoms with van der Waals surface area (Å²) in [6.07, 6.45) is 3.90. The van der Waals surface area contributed by atoms with Crippen molar-refractivity contribution in [2.75, 3.05) is 0 Å². The lowest BCUT2D eigenvalue weighted by Gasteiger charge is -2.00. The van der Waals surface area contributed by atoms with Gasteiger partial charge in [0.25, 0.3) is 0 Å². The Balaban J connectivity index is -0.000000249. The molecule has 0 saturated carbocycles. The molecule has 0 bridgehead atoms. The van der Waals surface area contributed by atoms with Gasteiger partial charge >= 0.3 is 11.9 Å². The maximum absolute atomic E-state index is 10.1. The molecule has 0 aliphatic heterocycles. The van der Waals surface area contributed by atoms with Crippen LogP contribution in [0, 0.1) is 17.8 Å². The first-order valence-electron chi connectivity index (χ1n) is 7.30. The fraction of sp³-hybridized carbons (Fsp3) is 0.688. The van der Waals surface area contributed by atoms with Crippen molar-refractivity contribution >= 4 is 29.7 Å². The van der Waals surface area contributed by atoms with Gasteiger partial charge in [-0.15, -0.1) is 19.2 Å². The fourth-order valence-electron chi connectivity index (χ4n) is 0.907. The highest BCUT2D eigenvalue weighted by atomic mass is 32.1. The molecule has 0 radical (unpaired) electrons. The van der Waals surface area contributed by atoms with Crippen LogP contribution >= 0.6 is 12.6 Å². The molecule has 2 unspecified atom stereocenters. The largest absolute Gasteiger partial charge is 0.481 e. The third-order valence-corrected chi connectivity index (χ3v) is 3.10. The van der Waals surface area contributed by atoms with Crippen molar-refractivity contribution in [3.63, 3.8) is 0 Å². The van der Waals surface area contributed by atoms with E-state index >= 15 is 0 Å². The number of hydrogen-bond donors (Lipinski definition) is 3. The molecule has 0 saturated heterocycles. The summed E-state index contributed by atoms with van der Waals surface area (Å²) in [5.41, 5.74) is 0. The van der Waals surface area contributed by atoms with E-state index in [1.807, 2.05) is 20.8 Å². The Hall–Kier alpha value is -1.30. The van der Waals surface area contributed by atoms with Crippen molar-refractivity contribution in [1.82, 2.24) is 0 Å². The van der Waals surface area contributed by atoms with Crippen molar-refractivity contribution in [3.05, 3.63) is 12.7 Å². The summed E-state index contributed by atoms with van der Waals surface area (Å²) in [5, 5.41) is 16.5. The molecule has 0 spiro atoms. The summed E-state index contributed by atoms with van der Waals surface area (Å²) < 4.78 is 0. The predicted octanol–water partition coefficient (Wildman–Crippen LogP) is 3.89. The van der Waals surface area contributed by atoms with Crippen LogP contribution in [-0.2, 0) is 14.4 Å². The quantitative estimate of drug-likeness (QED) is 0.485. The van der Waals surface area contributed by atoms with Crippen molar-refractivity contribution in [3.8, 4) is 0 Å². The zero-order valence-electron chi connectivity index (χ0n) is 14.2. The molecule has 2 atom stereocenters. The highest BCUT2D eigenvalue weighted by molar-refractivity contribution is 7.96. The van der Waals surface area contributed by atoms with Crippen LogP contribution in [0.1, 0.15) is 53.9 Å². The molecular weight excluding hydrogens is 304 g/mol. The lowest BCUT2D eigenvalue weighted by Crippen LogP contribution is -2.08. The predicted molar refractivity (Wildman–Crippen MR) is 92.2 cm³/mol. The molecule has 0 aromatic carbocycles. The Kier molecular flexibility index (Phi) is 18.7. The normalized spacial score (nSPS) is 12.0. The van der Waals surface area contributed by atoms with E-state index in [1.165, 1.54) is 0 Å². The number of carbonyl (C=O) groups excluding carboxylic acids is 1. The smallest absolute Gasteiger partial charge is 0.306 e. The average Bonchev–Trinajstić information content (AvgIpc) is 2.40. The molecule has 2 N–H and O–H groups in total. The van der Waals surface area contributed by atoms with Crippen LogP contribution in [0.4, 0.5) is 0 Å². The number of aliphatic carboxylic acids is 2. The second-order valence-corrected chi connectivity index (χ2v) is 5.73. The maximum atomic E-state index is 10.1. The Morgan fingerprint density at radius 2 is 1.41 bits per heavy atom. The number of carboxylic acid groups (broad SMARTS) is 2. The molecule has 0 fully saturated rings. The standard InChI is InChI=1S/C6H12O2.C6H10O2.C4H8OS/c2*1-3-4-5(2)6(7)8;1-3(2)4(5)6/h5H,3-4H2,1-2H3,(H,7,8);3,5H,1,4H2,2H3,(H,7,8);3H,1-2H3,(H,5,6). The van der Waals surface area contributed by atoms with E-state index in [0.717, 1.165) is 12.8 Å². The summed E-state index contributed by atoms with van der Waals surface area (Å²) in [6.45, 7) is 12.4. The van der Waals surface area contributed by atoms with Crippen molar-refractivity contribution in [1.29, 1.82) is 0 Å². The topological polar surface area (TPSA) is 91.7 Å². The maximum Gasteiger partial charge on any atom is 0.306 e. The molecule has 0 aliphatic carbocycles. The van der Waals surface area contributed by atoms with Gasteiger partial charge in [0.1, 0.15) is 0 Å². The molecule has 22 heavy (non-hydrogen) atoms. The van der Waals surface area contributed by atoms with Gasteiger partial charge in [-0.1, -0.05) is 47.1 Å². The van der Waals surface area contributed by atoms with Gasteiger partial charge in [-0.3, -0.25) is 14.4 Å². The number of hydrogen-bond acceptors (Lipinski definition) is 3. The second kappa shape index (κ2) is 16.1. The van der Waals surface area contributed by atoms with E-state index in [4.69, 9.17) is 10.2 Å². The lowest BCUT2D eigenvalue weighted by molar-refractivity contribution is -0.142. The molecule has 0 aliphatic rings. The van der Waals surface area contributed by atoms with Gasteiger partial charge in [0.15, 0.2) is 5.12 Å². The molecule has 0 heterocycles. The second-order valence-electron chi connectivity index (χ2n) is 5.28. The molecular formula is C16H30O5S. The molecule has 0 aromatic heterocycles. The van der Waals surface area contributed by atoms with Crippen molar-refractivity contribution in [2.24, 2.45) is 17.8 Å². The SMILES string of the molecule is C=CCC(C)C(=O)O.CC(C)C(=O)S.CCCC(C)C(=O)O. The third-order valence-electron chi connectivity index (χ3n) is 2.58. The van der Waals surface area contributed by atoms with Crippen molar-refractivity contribution < 1.29 is 24.6 Å². The monoisotopic (exact) mass is 334 g/mol. The van der Waals surface area contributed by atoms with Gasteiger partial charge in [0, 0.05) is 5.92 Å². The van der Waals surface area contributed by atoms with Gasteiger partial charge in [-0.25, -0.2) is 0 Å². The Labute approximate surface area is 139 Å². The zero-order valence-corrected chi connectivity index (χ0v) is 15.1. The third kappa shape index (κ3) is 21.0. The van der Waals surface area contributed by atoms with Gasteiger partial charge < -0.3 is 10.2 Å². The highest BCUT2D eigenvalue weighted by Gasteiger charge is 2.07. The molecule has 0 amide bonds. The molecule has 5 nitrogen and oxygen atoms in total. The average molecular weight is 334 g/mol. The molecule has 0 aromatic rings. The summed E-state index contributed by atoms with van der Waals surface area (Å²) >= 11 is 3.55. The number of thiol groups is 1. The first kappa shape index (κ1) is 25.6. The first-order chi connectivity index (χ1) is 10.0. The minimum atomic E-state index is -0.759.